The van der Waals surface area contributed by atoms with E-state index in [1.807, 2.05) is 0 Å². The lowest BCUT2D eigenvalue weighted by Crippen LogP contribution is -2.28. The number of aliphatic hydroxyl groups is 1. The van der Waals surface area contributed by atoms with Gasteiger partial charge in [-0.1, -0.05) is 0 Å². The molecule has 0 bridgehead atoms. The van der Waals surface area contributed by atoms with Crippen LogP contribution in [0.25, 0.3) is 0 Å². The molecule has 0 aliphatic heterocycles. The quantitative estimate of drug-likeness (QED) is 0.753. The molecule has 1 aromatic rings. The van der Waals surface area contributed by atoms with Crippen LogP contribution in [0.15, 0.2) is 16.5 Å². The maximum atomic E-state index is 10.6. The molecule has 0 amide bonds. The van der Waals surface area contributed by atoms with E-state index < -0.39 is 5.97 Å². The maximum Gasteiger partial charge on any atom is 0.371 e. The first-order valence-corrected chi connectivity index (χ1v) is 5.37. The molecule has 1 aliphatic rings. The molecule has 5 heteroatoms. The highest BCUT2D eigenvalue weighted by Gasteiger charge is 2.29. The summed E-state index contributed by atoms with van der Waals surface area (Å²) in [5.74, 6) is -0.445. The van der Waals surface area contributed by atoms with Crippen LogP contribution >= 0.6 is 0 Å². The highest BCUT2D eigenvalue weighted by atomic mass is 16.4. The van der Waals surface area contributed by atoms with Crippen molar-refractivity contribution in [1.82, 2.24) is 4.90 Å². The summed E-state index contributed by atoms with van der Waals surface area (Å²) in [6.07, 6.45) is 2.29. The topological polar surface area (TPSA) is 73.9 Å². The molecule has 0 atom stereocenters. The van der Waals surface area contributed by atoms with Gasteiger partial charge < -0.3 is 14.6 Å². The number of hydrogen-bond acceptors (Lipinski definition) is 4. The molecule has 88 valence electrons. The van der Waals surface area contributed by atoms with Gasteiger partial charge in [0.25, 0.3) is 0 Å². The number of furan rings is 1. The van der Waals surface area contributed by atoms with Gasteiger partial charge in [-0.3, -0.25) is 4.90 Å². The summed E-state index contributed by atoms with van der Waals surface area (Å²) in [6.45, 7) is 1.29. The third kappa shape index (κ3) is 2.62. The fourth-order valence-electron chi connectivity index (χ4n) is 1.74. The highest BCUT2D eigenvalue weighted by molar-refractivity contribution is 5.84. The van der Waals surface area contributed by atoms with Gasteiger partial charge in [0.1, 0.15) is 5.76 Å². The molecule has 0 unspecified atom stereocenters. The molecular formula is C11H15NO4. The molecule has 0 aromatic carbocycles. The third-order valence-electron chi connectivity index (χ3n) is 2.68. The minimum atomic E-state index is -1.05. The Labute approximate surface area is 93.3 Å². The number of carboxylic acid groups (broad SMARTS) is 1. The zero-order chi connectivity index (χ0) is 11.5. The highest BCUT2D eigenvalue weighted by Crippen LogP contribution is 2.28. The van der Waals surface area contributed by atoms with Crippen molar-refractivity contribution in [2.24, 2.45) is 0 Å². The van der Waals surface area contributed by atoms with Crippen LogP contribution < -0.4 is 0 Å². The summed E-state index contributed by atoms with van der Waals surface area (Å²) in [4.78, 5) is 12.7. The van der Waals surface area contributed by atoms with Gasteiger partial charge in [-0.25, -0.2) is 4.79 Å². The SMILES string of the molecule is O=C(O)c1ccc(CN(CCO)C2CC2)o1. The first-order chi connectivity index (χ1) is 7.70. The predicted octanol–water partition coefficient (Wildman–Crippen LogP) is 0.935. The van der Waals surface area contributed by atoms with E-state index in [0.717, 1.165) is 12.8 Å². The van der Waals surface area contributed by atoms with Crippen molar-refractivity contribution in [3.05, 3.63) is 23.7 Å². The predicted molar refractivity (Wildman–Crippen MR) is 56.2 cm³/mol. The van der Waals surface area contributed by atoms with Crippen LogP contribution in [0.4, 0.5) is 0 Å². The van der Waals surface area contributed by atoms with Crippen LogP contribution in [0, 0.1) is 0 Å². The van der Waals surface area contributed by atoms with Crippen LogP contribution in [0.5, 0.6) is 0 Å². The Morgan fingerprint density at radius 3 is 2.75 bits per heavy atom. The smallest absolute Gasteiger partial charge is 0.371 e. The van der Waals surface area contributed by atoms with E-state index in [-0.39, 0.29) is 12.4 Å². The largest absolute Gasteiger partial charge is 0.475 e. The van der Waals surface area contributed by atoms with Crippen molar-refractivity contribution in [2.75, 3.05) is 13.2 Å². The van der Waals surface area contributed by atoms with Gasteiger partial charge in [-0.15, -0.1) is 0 Å². The van der Waals surface area contributed by atoms with E-state index >= 15 is 0 Å². The van der Waals surface area contributed by atoms with Crippen LogP contribution in [0.3, 0.4) is 0 Å². The van der Waals surface area contributed by atoms with Crippen molar-refractivity contribution in [3.8, 4) is 0 Å². The Balaban J connectivity index is 1.97. The summed E-state index contributed by atoms with van der Waals surface area (Å²) in [5.41, 5.74) is 0. The minimum absolute atomic E-state index is 0.0326. The van der Waals surface area contributed by atoms with Crippen molar-refractivity contribution in [2.45, 2.75) is 25.4 Å². The molecule has 2 N–H and O–H groups in total. The number of rotatable bonds is 6. The average Bonchev–Trinajstić information content (AvgIpc) is 2.98. The second-order valence-electron chi connectivity index (χ2n) is 4.00. The molecule has 1 aliphatic carbocycles. The second-order valence-corrected chi connectivity index (χ2v) is 4.00. The summed E-state index contributed by atoms with van der Waals surface area (Å²) >= 11 is 0. The monoisotopic (exact) mass is 225 g/mol. The molecule has 1 saturated carbocycles. The first kappa shape index (κ1) is 11.2. The zero-order valence-corrected chi connectivity index (χ0v) is 8.93. The number of hydrogen-bond donors (Lipinski definition) is 2. The van der Waals surface area contributed by atoms with Gasteiger partial charge in [0.2, 0.25) is 5.76 Å². The normalized spacial score (nSPS) is 15.6. The zero-order valence-electron chi connectivity index (χ0n) is 8.93. The van der Waals surface area contributed by atoms with Crippen molar-refractivity contribution >= 4 is 5.97 Å². The van der Waals surface area contributed by atoms with Gasteiger partial charge in [-0.05, 0) is 25.0 Å². The molecule has 1 aromatic heterocycles. The lowest BCUT2D eigenvalue weighted by molar-refractivity contribution is 0.0657. The maximum absolute atomic E-state index is 10.6. The summed E-state index contributed by atoms with van der Waals surface area (Å²) < 4.78 is 5.18. The Morgan fingerprint density at radius 2 is 2.25 bits per heavy atom. The first-order valence-electron chi connectivity index (χ1n) is 5.37. The molecule has 2 rings (SSSR count). The Kier molecular flexibility index (Phi) is 3.26. The van der Waals surface area contributed by atoms with Crippen molar-refractivity contribution < 1.29 is 19.4 Å². The number of aromatic carboxylic acids is 1. The van der Waals surface area contributed by atoms with E-state index in [0.29, 0.717) is 24.9 Å². The van der Waals surface area contributed by atoms with Gasteiger partial charge >= 0.3 is 5.97 Å². The lowest BCUT2D eigenvalue weighted by atomic mass is 10.3. The van der Waals surface area contributed by atoms with Gasteiger partial charge in [0, 0.05) is 12.6 Å². The summed E-state index contributed by atoms with van der Waals surface area (Å²) in [5, 5.41) is 17.6. The Bertz CT molecular complexity index is 370. The molecule has 5 nitrogen and oxygen atoms in total. The van der Waals surface area contributed by atoms with E-state index in [1.54, 1.807) is 6.07 Å². The number of nitrogens with zero attached hydrogens (tertiary/aromatic N) is 1. The van der Waals surface area contributed by atoms with Crippen molar-refractivity contribution in [3.63, 3.8) is 0 Å². The van der Waals surface area contributed by atoms with Crippen LogP contribution in [0.1, 0.15) is 29.2 Å². The molecule has 1 heterocycles. The van der Waals surface area contributed by atoms with E-state index in [4.69, 9.17) is 14.6 Å². The van der Waals surface area contributed by atoms with Crippen LogP contribution in [-0.2, 0) is 6.54 Å². The van der Waals surface area contributed by atoms with Crippen LogP contribution in [-0.4, -0.2) is 40.3 Å². The van der Waals surface area contributed by atoms with Crippen LogP contribution in [0.2, 0.25) is 0 Å². The molecule has 0 saturated heterocycles. The molecule has 16 heavy (non-hydrogen) atoms. The molecule has 1 fully saturated rings. The number of carboxylic acids is 1. The number of aliphatic hydroxyl groups excluding tert-OH is 1. The fourth-order valence-corrected chi connectivity index (χ4v) is 1.74. The van der Waals surface area contributed by atoms with Gasteiger partial charge in [-0.2, -0.15) is 0 Å². The Hall–Kier alpha value is -1.33. The fraction of sp³-hybridized carbons (Fsp3) is 0.545. The Morgan fingerprint density at radius 1 is 1.50 bits per heavy atom. The summed E-state index contributed by atoms with van der Waals surface area (Å²) in [6, 6.07) is 3.66. The van der Waals surface area contributed by atoms with E-state index in [2.05, 4.69) is 4.90 Å². The third-order valence-corrected chi connectivity index (χ3v) is 2.68. The van der Waals surface area contributed by atoms with E-state index in [9.17, 15) is 4.79 Å². The lowest BCUT2D eigenvalue weighted by Gasteiger charge is -2.18. The molecular weight excluding hydrogens is 210 g/mol. The average molecular weight is 225 g/mol. The number of carbonyl (C=O) groups is 1. The second kappa shape index (κ2) is 4.67. The van der Waals surface area contributed by atoms with Gasteiger partial charge in [0.05, 0.1) is 13.2 Å². The minimum Gasteiger partial charge on any atom is -0.475 e. The summed E-state index contributed by atoms with van der Waals surface area (Å²) in [7, 11) is 0. The molecule has 0 spiro atoms. The van der Waals surface area contributed by atoms with Crippen molar-refractivity contribution in [1.29, 1.82) is 0 Å². The molecule has 0 radical (unpaired) electrons. The standard InChI is InChI=1S/C11H15NO4/c13-6-5-12(8-1-2-8)7-9-3-4-10(16-9)11(14)15/h3-4,8,13H,1-2,5-7H2,(H,14,15). The van der Waals surface area contributed by atoms with Gasteiger partial charge in [0.15, 0.2) is 0 Å². The van der Waals surface area contributed by atoms with E-state index in [1.165, 1.54) is 6.07 Å².